The molecule has 0 aliphatic heterocycles. The van der Waals surface area contributed by atoms with Gasteiger partial charge in [0.2, 0.25) is 0 Å². The molecule has 1 atom stereocenters. The van der Waals surface area contributed by atoms with E-state index in [1.54, 1.807) is 0 Å². The summed E-state index contributed by atoms with van der Waals surface area (Å²) in [5.74, 6) is 0. The summed E-state index contributed by atoms with van der Waals surface area (Å²) in [5.41, 5.74) is -2.11. The zero-order valence-electron chi connectivity index (χ0n) is 13.3. The topological polar surface area (TPSA) is 90.0 Å². The summed E-state index contributed by atoms with van der Waals surface area (Å²) >= 11 is 11.6. The number of nitrogens with one attached hydrogen (secondary N) is 3. The molecule has 0 spiro atoms. The van der Waals surface area contributed by atoms with Crippen LogP contribution >= 0.6 is 23.2 Å². The fourth-order valence-corrected chi connectivity index (χ4v) is 2.59. The van der Waals surface area contributed by atoms with E-state index in [9.17, 15) is 36.2 Å². The smallest absolute Gasteiger partial charge is 0.379 e. The fourth-order valence-electron chi connectivity index (χ4n) is 1.99. The molecule has 0 saturated carbocycles. The van der Waals surface area contributed by atoms with Crippen molar-refractivity contribution in [3.8, 4) is 0 Å². The van der Waals surface area contributed by atoms with Crippen LogP contribution in [0.3, 0.4) is 0 Å². The Morgan fingerprint density at radius 1 is 1.14 bits per heavy atom. The maximum atomic E-state index is 12.6. The number of amides is 2. The second-order valence-corrected chi connectivity index (χ2v) is 6.20. The summed E-state index contributed by atoms with van der Waals surface area (Å²) in [6, 6.07) is 1.28. The van der Waals surface area contributed by atoms with Gasteiger partial charge in [0.25, 0.3) is 0 Å². The molecule has 0 radical (unpaired) electrons. The molecule has 0 fully saturated rings. The van der Waals surface area contributed by atoms with Gasteiger partial charge in [-0.15, -0.1) is 0 Å². The number of hydrogen-bond acceptors (Lipinski definition) is 3. The second kappa shape index (κ2) is 8.05. The first-order valence-corrected chi connectivity index (χ1v) is 7.94. The van der Waals surface area contributed by atoms with E-state index in [1.807, 2.05) is 0 Å². The lowest BCUT2D eigenvalue weighted by Crippen LogP contribution is -2.28. The number of alkyl halides is 6. The maximum absolute atomic E-state index is 12.6. The molecular weight excluding hydrogens is 441 g/mol. The second-order valence-electron chi connectivity index (χ2n) is 5.39. The van der Waals surface area contributed by atoms with Gasteiger partial charge < -0.3 is 15.7 Å². The molecule has 14 heteroatoms. The zero-order valence-corrected chi connectivity index (χ0v) is 14.9. The van der Waals surface area contributed by atoms with Crippen molar-refractivity contribution in [1.82, 2.24) is 15.5 Å². The standard InChI is InChI=1S/C14H10Cl2F6N4O2/c15-7-1-5(11(27)14(20,21)22)2-8(16)10(7)24-12(28)23-4-6-3-9(26-25-6)13(17,18)19/h1-3,11,27H,4H2,(H,25,26)(H2,23,24,28)/t11-/m0/s1. The van der Waals surface area contributed by atoms with Crippen LogP contribution in [0, 0.1) is 0 Å². The van der Waals surface area contributed by atoms with Gasteiger partial charge in [-0.25, -0.2) is 4.79 Å². The Morgan fingerprint density at radius 3 is 2.18 bits per heavy atom. The first kappa shape index (κ1) is 22.1. The minimum Gasteiger partial charge on any atom is -0.379 e. The molecule has 2 amide bonds. The van der Waals surface area contributed by atoms with Gasteiger partial charge in [0.15, 0.2) is 11.8 Å². The van der Waals surface area contributed by atoms with Gasteiger partial charge in [-0.05, 0) is 23.8 Å². The molecular formula is C14H10Cl2F6N4O2. The number of carbonyl (C=O) groups excluding carboxylic acids is 1. The highest BCUT2D eigenvalue weighted by atomic mass is 35.5. The lowest BCUT2D eigenvalue weighted by atomic mass is 10.1. The van der Waals surface area contributed by atoms with Crippen LogP contribution in [-0.2, 0) is 12.7 Å². The molecule has 1 heterocycles. The van der Waals surface area contributed by atoms with Crippen molar-refractivity contribution in [2.75, 3.05) is 5.32 Å². The molecule has 6 nitrogen and oxygen atoms in total. The van der Waals surface area contributed by atoms with Gasteiger partial charge in [-0.1, -0.05) is 23.2 Å². The molecule has 154 valence electrons. The molecule has 0 saturated heterocycles. The van der Waals surface area contributed by atoms with Gasteiger partial charge in [-0.3, -0.25) is 5.10 Å². The summed E-state index contributed by atoms with van der Waals surface area (Å²) in [6.45, 7) is -0.366. The zero-order chi connectivity index (χ0) is 21.3. The van der Waals surface area contributed by atoms with Crippen molar-refractivity contribution in [1.29, 1.82) is 0 Å². The summed E-state index contributed by atoms with van der Waals surface area (Å²) < 4.78 is 75.0. The number of nitrogens with zero attached hydrogens (tertiary/aromatic N) is 1. The number of aliphatic hydroxyl groups is 1. The molecule has 2 rings (SSSR count). The number of halogens is 8. The van der Waals surface area contributed by atoms with Gasteiger partial charge in [0, 0.05) is 0 Å². The van der Waals surface area contributed by atoms with E-state index in [-0.39, 0.29) is 28.0 Å². The highest BCUT2D eigenvalue weighted by molar-refractivity contribution is 6.39. The monoisotopic (exact) mass is 450 g/mol. The van der Waals surface area contributed by atoms with Crippen LogP contribution in [0.2, 0.25) is 10.0 Å². The Hall–Kier alpha value is -2.18. The van der Waals surface area contributed by atoms with Crippen LogP contribution in [0.15, 0.2) is 18.2 Å². The van der Waals surface area contributed by atoms with E-state index in [0.29, 0.717) is 6.07 Å². The molecule has 4 N–H and O–H groups in total. The number of benzene rings is 1. The van der Waals surface area contributed by atoms with Crippen LogP contribution in [0.1, 0.15) is 23.1 Å². The average molecular weight is 451 g/mol. The van der Waals surface area contributed by atoms with E-state index in [2.05, 4.69) is 20.8 Å². The van der Waals surface area contributed by atoms with Gasteiger partial charge in [0.05, 0.1) is 28.0 Å². The highest BCUT2D eigenvalue weighted by Gasteiger charge is 2.40. The lowest BCUT2D eigenvalue weighted by molar-refractivity contribution is -0.206. The van der Waals surface area contributed by atoms with Gasteiger partial charge in [-0.2, -0.15) is 31.4 Å². The third-order valence-electron chi connectivity index (χ3n) is 3.29. The van der Waals surface area contributed by atoms with Crippen molar-refractivity contribution < 1.29 is 36.2 Å². The Bertz CT molecular complexity index is 845. The van der Waals surface area contributed by atoms with Crippen molar-refractivity contribution in [3.63, 3.8) is 0 Å². The number of carbonyl (C=O) groups is 1. The van der Waals surface area contributed by atoms with E-state index >= 15 is 0 Å². The molecule has 1 aromatic heterocycles. The predicted molar refractivity (Wildman–Crippen MR) is 86.9 cm³/mol. The van der Waals surface area contributed by atoms with E-state index in [1.165, 1.54) is 0 Å². The first-order valence-electron chi connectivity index (χ1n) is 7.19. The predicted octanol–water partition coefficient (Wildman–Crippen LogP) is 4.65. The van der Waals surface area contributed by atoms with Crippen molar-refractivity contribution >= 4 is 34.9 Å². The number of urea groups is 1. The number of aliphatic hydroxyl groups excluding tert-OH is 1. The fraction of sp³-hybridized carbons (Fsp3) is 0.286. The number of H-pyrrole nitrogens is 1. The average Bonchev–Trinajstić information content (AvgIpc) is 3.04. The summed E-state index contributed by atoms with van der Waals surface area (Å²) in [4.78, 5) is 11.8. The third kappa shape index (κ3) is 5.42. The number of hydrogen-bond donors (Lipinski definition) is 4. The van der Waals surface area contributed by atoms with E-state index in [4.69, 9.17) is 23.2 Å². The first-order chi connectivity index (χ1) is 12.8. The number of anilines is 1. The van der Waals surface area contributed by atoms with Crippen LogP contribution in [0.5, 0.6) is 0 Å². The number of rotatable bonds is 4. The molecule has 0 aliphatic rings. The molecule has 0 aliphatic carbocycles. The summed E-state index contributed by atoms with van der Waals surface area (Å²) in [5, 5.41) is 17.9. The van der Waals surface area contributed by atoms with Gasteiger partial charge in [0.1, 0.15) is 0 Å². The lowest BCUT2D eigenvalue weighted by Gasteiger charge is -2.17. The van der Waals surface area contributed by atoms with Crippen LogP contribution in [0.25, 0.3) is 0 Å². The largest absolute Gasteiger partial charge is 0.435 e. The summed E-state index contributed by atoms with van der Waals surface area (Å²) in [7, 11) is 0. The van der Waals surface area contributed by atoms with Crippen LogP contribution in [-0.4, -0.2) is 27.5 Å². The van der Waals surface area contributed by atoms with Crippen molar-refractivity contribution in [2.24, 2.45) is 0 Å². The van der Waals surface area contributed by atoms with Crippen LogP contribution in [0.4, 0.5) is 36.8 Å². The SMILES string of the molecule is O=C(NCc1cc(C(F)(F)F)n[nH]1)Nc1c(Cl)cc([C@H](O)C(F)(F)F)cc1Cl. The van der Waals surface area contributed by atoms with Crippen molar-refractivity contribution in [2.45, 2.75) is 25.0 Å². The summed E-state index contributed by atoms with van der Waals surface area (Å²) in [6.07, 6.45) is -12.4. The maximum Gasteiger partial charge on any atom is 0.435 e. The molecule has 0 unspecified atom stereocenters. The highest BCUT2D eigenvalue weighted by Crippen LogP contribution is 2.38. The Labute approximate surface area is 162 Å². The Kier molecular flexibility index (Phi) is 6.36. The Balaban J connectivity index is 2.05. The van der Waals surface area contributed by atoms with E-state index in [0.717, 1.165) is 12.1 Å². The molecule has 28 heavy (non-hydrogen) atoms. The quantitative estimate of drug-likeness (QED) is 0.511. The minimum atomic E-state index is -4.95. The Morgan fingerprint density at radius 2 is 1.71 bits per heavy atom. The molecule has 0 bridgehead atoms. The van der Waals surface area contributed by atoms with E-state index < -0.39 is 35.7 Å². The van der Waals surface area contributed by atoms with Crippen molar-refractivity contribution in [3.05, 3.63) is 45.2 Å². The number of aromatic amines is 1. The normalized spacial score (nSPS) is 13.3. The third-order valence-corrected chi connectivity index (χ3v) is 3.89. The van der Waals surface area contributed by atoms with Gasteiger partial charge >= 0.3 is 18.4 Å². The minimum absolute atomic E-state index is 0.0525. The number of aromatic nitrogens is 2. The molecule has 2 aromatic rings. The van der Waals surface area contributed by atoms with Crippen LogP contribution < -0.4 is 10.6 Å². The molecule has 1 aromatic carbocycles.